The molecule has 6 nitrogen and oxygen atoms in total. The quantitative estimate of drug-likeness (QED) is 0.517. The minimum absolute atomic E-state index is 0.0100. The van der Waals surface area contributed by atoms with Gasteiger partial charge in [-0.2, -0.15) is 0 Å². The predicted octanol–water partition coefficient (Wildman–Crippen LogP) is 2.81. The SMILES string of the molecule is Cc1ccccc1.Cc1ccccc1.O=S([O-])OCCOCCOCCO. The Morgan fingerprint density at radius 3 is 1.52 bits per heavy atom. The number of aliphatic hydroxyl groups excluding tert-OH is 1. The van der Waals surface area contributed by atoms with Crippen LogP contribution in [0.15, 0.2) is 60.7 Å². The van der Waals surface area contributed by atoms with Crippen molar-refractivity contribution in [3.05, 3.63) is 71.8 Å². The Labute approximate surface area is 164 Å². The van der Waals surface area contributed by atoms with E-state index in [0.717, 1.165) is 0 Å². The van der Waals surface area contributed by atoms with E-state index < -0.39 is 11.4 Å². The van der Waals surface area contributed by atoms with Gasteiger partial charge in [-0.15, -0.1) is 0 Å². The number of hydrogen-bond donors (Lipinski definition) is 1. The first-order chi connectivity index (χ1) is 13.1. The second-order valence-corrected chi connectivity index (χ2v) is 5.93. The molecule has 0 aliphatic rings. The van der Waals surface area contributed by atoms with Crippen molar-refractivity contribution in [1.82, 2.24) is 0 Å². The molecule has 0 aliphatic heterocycles. The number of aryl methyl sites for hydroxylation is 2. The lowest BCUT2D eigenvalue weighted by Gasteiger charge is -2.06. The van der Waals surface area contributed by atoms with Crippen LogP contribution < -0.4 is 0 Å². The zero-order chi connectivity index (χ0) is 20.2. The highest BCUT2D eigenvalue weighted by molar-refractivity contribution is 7.74. The van der Waals surface area contributed by atoms with Gasteiger partial charge in [-0.1, -0.05) is 71.8 Å². The van der Waals surface area contributed by atoms with Gasteiger partial charge in [0.05, 0.1) is 51.0 Å². The summed E-state index contributed by atoms with van der Waals surface area (Å²) in [6, 6.07) is 20.5. The average Bonchev–Trinajstić information content (AvgIpc) is 2.66. The Hall–Kier alpha value is -1.61. The standard InChI is InChI=1S/2C7H8.C6H14O6S/c2*1-7-5-3-2-4-6-7;7-1-2-10-3-4-11-5-6-12-13(8)9/h2*2-6H,1H3;7H,1-6H2,(H,8,9)/p-1. The summed E-state index contributed by atoms with van der Waals surface area (Å²) in [5.74, 6) is 0. The Balaban J connectivity index is 0.000000405. The molecule has 1 N–H and O–H groups in total. The van der Waals surface area contributed by atoms with Crippen molar-refractivity contribution >= 4 is 11.4 Å². The summed E-state index contributed by atoms with van der Waals surface area (Å²) >= 11 is -2.47. The van der Waals surface area contributed by atoms with Crippen LogP contribution in [0.5, 0.6) is 0 Å². The molecule has 2 rings (SSSR count). The molecule has 0 heterocycles. The molecule has 0 saturated carbocycles. The Kier molecular flexibility index (Phi) is 18.0. The van der Waals surface area contributed by atoms with Crippen molar-refractivity contribution in [3.8, 4) is 0 Å². The van der Waals surface area contributed by atoms with Gasteiger partial charge in [-0.05, 0) is 13.8 Å². The van der Waals surface area contributed by atoms with Gasteiger partial charge in [-0.25, -0.2) is 4.21 Å². The summed E-state index contributed by atoms with van der Waals surface area (Å²) in [5, 5.41) is 8.31. The molecule has 0 saturated heterocycles. The van der Waals surface area contributed by atoms with Crippen LogP contribution in [0.4, 0.5) is 0 Å². The van der Waals surface area contributed by atoms with Crippen LogP contribution in [0.2, 0.25) is 0 Å². The van der Waals surface area contributed by atoms with Crippen LogP contribution in [0.3, 0.4) is 0 Å². The van der Waals surface area contributed by atoms with Crippen LogP contribution >= 0.6 is 0 Å². The van der Waals surface area contributed by atoms with Crippen molar-refractivity contribution in [2.75, 3.05) is 39.6 Å². The molecule has 2 aromatic carbocycles. The number of benzene rings is 2. The van der Waals surface area contributed by atoms with E-state index in [2.05, 4.69) is 42.3 Å². The van der Waals surface area contributed by atoms with Gasteiger partial charge >= 0.3 is 0 Å². The van der Waals surface area contributed by atoms with E-state index in [-0.39, 0.29) is 26.4 Å². The van der Waals surface area contributed by atoms with Gasteiger partial charge in [0, 0.05) is 0 Å². The Bertz CT molecular complexity index is 528. The number of ether oxygens (including phenoxy) is 2. The molecule has 0 spiro atoms. The Morgan fingerprint density at radius 1 is 0.778 bits per heavy atom. The number of hydrogen-bond acceptors (Lipinski definition) is 6. The van der Waals surface area contributed by atoms with Gasteiger partial charge in [0.1, 0.15) is 0 Å². The third-order valence-corrected chi connectivity index (χ3v) is 3.25. The molecule has 0 aliphatic carbocycles. The van der Waals surface area contributed by atoms with Crippen molar-refractivity contribution < 1.29 is 27.5 Å². The number of rotatable bonds is 9. The first kappa shape index (κ1) is 25.4. The molecule has 0 fully saturated rings. The van der Waals surface area contributed by atoms with Crippen molar-refractivity contribution in [1.29, 1.82) is 0 Å². The minimum atomic E-state index is -2.47. The van der Waals surface area contributed by atoms with E-state index in [1.807, 2.05) is 36.4 Å². The molecule has 2 aromatic rings. The van der Waals surface area contributed by atoms with Crippen molar-refractivity contribution in [3.63, 3.8) is 0 Å². The van der Waals surface area contributed by atoms with Gasteiger partial charge in [-0.3, -0.25) is 4.18 Å². The molecule has 0 radical (unpaired) electrons. The highest BCUT2D eigenvalue weighted by Crippen LogP contribution is 1.92. The van der Waals surface area contributed by atoms with Crippen LogP contribution in [0.1, 0.15) is 11.1 Å². The summed E-state index contributed by atoms with van der Waals surface area (Å²) in [6.07, 6.45) is 0. The fourth-order valence-electron chi connectivity index (χ4n) is 1.62. The zero-order valence-corrected chi connectivity index (χ0v) is 16.7. The predicted molar refractivity (Wildman–Crippen MR) is 106 cm³/mol. The van der Waals surface area contributed by atoms with Crippen LogP contribution in [-0.4, -0.2) is 53.5 Å². The van der Waals surface area contributed by atoms with Gasteiger partial charge in [0.15, 0.2) is 0 Å². The van der Waals surface area contributed by atoms with E-state index in [4.69, 9.17) is 14.6 Å². The molecule has 1 atom stereocenters. The summed E-state index contributed by atoms with van der Waals surface area (Å²) < 4.78 is 33.7. The zero-order valence-electron chi connectivity index (χ0n) is 15.9. The second kappa shape index (κ2) is 19.2. The molecule has 0 aromatic heterocycles. The van der Waals surface area contributed by atoms with Gasteiger partial charge < -0.3 is 19.1 Å². The summed E-state index contributed by atoms with van der Waals surface area (Å²) in [4.78, 5) is 0. The first-order valence-electron chi connectivity index (χ1n) is 8.58. The maximum Gasteiger partial charge on any atom is 0.0862 e. The maximum absolute atomic E-state index is 9.84. The molecule has 7 heteroatoms. The topological polar surface area (TPSA) is 88.1 Å². The van der Waals surface area contributed by atoms with E-state index in [1.54, 1.807) is 0 Å². The van der Waals surface area contributed by atoms with Crippen molar-refractivity contribution in [2.24, 2.45) is 0 Å². The summed E-state index contributed by atoms with van der Waals surface area (Å²) in [6.45, 7) is 5.38. The van der Waals surface area contributed by atoms with E-state index >= 15 is 0 Å². The average molecular weight is 398 g/mol. The lowest BCUT2D eigenvalue weighted by molar-refractivity contribution is 0.0250. The molecular formula is C20H29O6S-. The third-order valence-electron chi connectivity index (χ3n) is 2.90. The first-order valence-corrected chi connectivity index (χ1v) is 9.58. The fourth-order valence-corrected chi connectivity index (χ4v) is 1.82. The van der Waals surface area contributed by atoms with Crippen molar-refractivity contribution in [2.45, 2.75) is 13.8 Å². The normalized spacial score (nSPS) is 10.8. The molecular weight excluding hydrogens is 368 g/mol. The summed E-state index contributed by atoms with van der Waals surface area (Å²) in [7, 11) is 0. The lowest BCUT2D eigenvalue weighted by atomic mass is 10.2. The molecule has 152 valence electrons. The third kappa shape index (κ3) is 20.6. The van der Waals surface area contributed by atoms with Crippen LogP contribution in [-0.2, 0) is 25.0 Å². The van der Waals surface area contributed by atoms with Gasteiger partial charge in [0.25, 0.3) is 0 Å². The molecule has 27 heavy (non-hydrogen) atoms. The summed E-state index contributed by atoms with van der Waals surface area (Å²) in [5.41, 5.74) is 2.64. The second-order valence-electron chi connectivity index (χ2n) is 5.28. The Morgan fingerprint density at radius 2 is 1.19 bits per heavy atom. The fraction of sp³-hybridized carbons (Fsp3) is 0.400. The smallest absolute Gasteiger partial charge is 0.0862 e. The maximum atomic E-state index is 9.84. The monoisotopic (exact) mass is 397 g/mol. The highest BCUT2D eigenvalue weighted by atomic mass is 32.2. The van der Waals surface area contributed by atoms with Crippen LogP contribution in [0.25, 0.3) is 0 Å². The minimum Gasteiger partial charge on any atom is -0.750 e. The highest BCUT2D eigenvalue weighted by Gasteiger charge is 1.90. The lowest BCUT2D eigenvalue weighted by Crippen LogP contribution is -2.11. The van der Waals surface area contributed by atoms with E-state index in [1.165, 1.54) is 11.1 Å². The molecule has 1 unspecified atom stereocenters. The van der Waals surface area contributed by atoms with Gasteiger partial charge in [0.2, 0.25) is 0 Å². The molecule has 0 bridgehead atoms. The largest absolute Gasteiger partial charge is 0.750 e. The van der Waals surface area contributed by atoms with E-state index in [0.29, 0.717) is 13.2 Å². The molecule has 0 amide bonds. The van der Waals surface area contributed by atoms with Crippen LogP contribution in [0, 0.1) is 13.8 Å². The van der Waals surface area contributed by atoms with E-state index in [9.17, 15) is 8.76 Å². The number of aliphatic hydroxyl groups is 1.